The summed E-state index contributed by atoms with van der Waals surface area (Å²) in [5, 5.41) is 5.42. The molecule has 1 aliphatic rings. The lowest BCUT2D eigenvalue weighted by Crippen LogP contribution is -2.44. The average Bonchev–Trinajstić information content (AvgIpc) is 3.14. The largest absolute Gasteiger partial charge is 0.373 e. The molecule has 1 aromatic carbocycles. The van der Waals surface area contributed by atoms with Crippen LogP contribution in [0.1, 0.15) is 17.4 Å². The quantitative estimate of drug-likeness (QED) is 0.940. The second kappa shape index (κ2) is 5.90. The number of carbonyl (C=O) groups is 1. The van der Waals surface area contributed by atoms with Crippen molar-refractivity contribution in [2.75, 3.05) is 12.4 Å². The van der Waals surface area contributed by atoms with Crippen molar-refractivity contribution in [3.05, 3.63) is 52.2 Å². The molecule has 0 aliphatic carbocycles. The lowest BCUT2D eigenvalue weighted by Gasteiger charge is -2.27. The summed E-state index contributed by atoms with van der Waals surface area (Å²) in [4.78, 5) is 15.9. The number of rotatable bonds is 4. The highest BCUT2D eigenvalue weighted by molar-refractivity contribution is 7.09. The minimum absolute atomic E-state index is 0.127. The third kappa shape index (κ3) is 2.95. The molecule has 110 valence electrons. The molecular formula is C17H20N2OS. The van der Waals surface area contributed by atoms with Crippen LogP contribution in [-0.2, 0) is 17.6 Å². The standard InChI is InChI=1S/C17H20N2OS/c1-12(10-14-7-5-9-21-14)19(2)17(20)16-11-13-6-3-4-8-15(13)18-16/h3-9,12,16,18H,10-11H2,1-2H3/t12?,16-/m0/s1. The highest BCUT2D eigenvalue weighted by atomic mass is 32.1. The highest BCUT2D eigenvalue weighted by Crippen LogP contribution is 2.26. The molecule has 2 atom stereocenters. The number of nitrogens with zero attached hydrogens (tertiary/aromatic N) is 1. The molecule has 0 spiro atoms. The minimum atomic E-state index is -0.127. The number of hydrogen-bond donors (Lipinski definition) is 1. The fourth-order valence-corrected chi connectivity index (χ4v) is 3.59. The van der Waals surface area contributed by atoms with Gasteiger partial charge in [0.05, 0.1) is 0 Å². The number of benzene rings is 1. The van der Waals surface area contributed by atoms with E-state index < -0.39 is 0 Å². The molecule has 0 saturated carbocycles. The van der Waals surface area contributed by atoms with E-state index in [2.05, 4.69) is 35.8 Å². The van der Waals surface area contributed by atoms with E-state index >= 15 is 0 Å². The summed E-state index contributed by atoms with van der Waals surface area (Å²) in [7, 11) is 1.91. The summed E-state index contributed by atoms with van der Waals surface area (Å²) in [5.41, 5.74) is 2.32. The Kier molecular flexibility index (Phi) is 3.97. The Hall–Kier alpha value is -1.81. The zero-order chi connectivity index (χ0) is 14.8. The Balaban J connectivity index is 1.63. The van der Waals surface area contributed by atoms with E-state index in [0.717, 1.165) is 18.5 Å². The van der Waals surface area contributed by atoms with Crippen molar-refractivity contribution in [2.45, 2.75) is 31.8 Å². The van der Waals surface area contributed by atoms with E-state index in [1.165, 1.54) is 10.4 Å². The van der Waals surface area contributed by atoms with Crippen molar-refractivity contribution >= 4 is 22.9 Å². The molecule has 1 amide bonds. The van der Waals surface area contributed by atoms with E-state index in [9.17, 15) is 4.79 Å². The van der Waals surface area contributed by atoms with Crippen molar-refractivity contribution < 1.29 is 4.79 Å². The number of hydrogen-bond acceptors (Lipinski definition) is 3. The topological polar surface area (TPSA) is 32.3 Å². The molecule has 4 heteroatoms. The summed E-state index contributed by atoms with van der Waals surface area (Å²) >= 11 is 1.75. The van der Waals surface area contributed by atoms with Gasteiger partial charge in [0.15, 0.2) is 0 Å². The summed E-state index contributed by atoms with van der Waals surface area (Å²) in [5.74, 6) is 0.176. The predicted molar refractivity (Wildman–Crippen MR) is 87.8 cm³/mol. The molecule has 3 nitrogen and oxygen atoms in total. The molecule has 0 saturated heterocycles. The SMILES string of the molecule is CC(Cc1cccs1)N(C)C(=O)[C@@H]1Cc2ccccc2N1. The molecule has 1 N–H and O–H groups in total. The minimum Gasteiger partial charge on any atom is -0.373 e. The van der Waals surface area contributed by atoms with Gasteiger partial charge >= 0.3 is 0 Å². The van der Waals surface area contributed by atoms with Gasteiger partial charge in [0, 0.05) is 36.5 Å². The van der Waals surface area contributed by atoms with Crippen LogP contribution < -0.4 is 5.32 Å². The van der Waals surface area contributed by atoms with Gasteiger partial charge in [-0.2, -0.15) is 0 Å². The van der Waals surface area contributed by atoms with Crippen molar-refractivity contribution in [3.8, 4) is 0 Å². The number of para-hydroxylation sites is 1. The van der Waals surface area contributed by atoms with E-state index in [1.54, 1.807) is 11.3 Å². The van der Waals surface area contributed by atoms with Gasteiger partial charge in [0.2, 0.25) is 5.91 Å². The third-order valence-electron chi connectivity index (χ3n) is 4.15. The fourth-order valence-electron chi connectivity index (χ4n) is 2.77. The van der Waals surface area contributed by atoms with Crippen LogP contribution >= 0.6 is 11.3 Å². The van der Waals surface area contributed by atoms with Crippen LogP contribution in [0.25, 0.3) is 0 Å². The number of anilines is 1. The van der Waals surface area contributed by atoms with E-state index in [1.807, 2.05) is 30.1 Å². The average molecular weight is 300 g/mol. The lowest BCUT2D eigenvalue weighted by molar-refractivity contribution is -0.132. The van der Waals surface area contributed by atoms with Crippen LogP contribution in [0.3, 0.4) is 0 Å². The van der Waals surface area contributed by atoms with Gasteiger partial charge in [-0.1, -0.05) is 24.3 Å². The van der Waals surface area contributed by atoms with Crippen molar-refractivity contribution in [2.24, 2.45) is 0 Å². The maximum absolute atomic E-state index is 12.7. The van der Waals surface area contributed by atoms with E-state index in [4.69, 9.17) is 0 Å². The molecule has 2 aromatic rings. The Bertz CT molecular complexity index is 598. The molecule has 3 rings (SSSR count). The van der Waals surface area contributed by atoms with Gasteiger partial charge in [-0.15, -0.1) is 11.3 Å². The first-order valence-electron chi connectivity index (χ1n) is 7.28. The van der Waals surface area contributed by atoms with Crippen LogP contribution in [0, 0.1) is 0 Å². The van der Waals surface area contributed by atoms with Crippen LogP contribution in [0.15, 0.2) is 41.8 Å². The molecule has 21 heavy (non-hydrogen) atoms. The molecule has 1 aromatic heterocycles. The number of amides is 1. The smallest absolute Gasteiger partial charge is 0.245 e. The molecule has 0 bridgehead atoms. The van der Waals surface area contributed by atoms with Gasteiger partial charge < -0.3 is 10.2 Å². The number of thiophene rings is 1. The summed E-state index contributed by atoms with van der Waals surface area (Å²) in [6.45, 7) is 2.11. The summed E-state index contributed by atoms with van der Waals surface area (Å²) < 4.78 is 0. The maximum Gasteiger partial charge on any atom is 0.245 e. The third-order valence-corrected chi connectivity index (χ3v) is 5.05. The lowest BCUT2D eigenvalue weighted by atomic mass is 10.1. The first-order chi connectivity index (χ1) is 10.1. The zero-order valence-electron chi connectivity index (χ0n) is 12.4. The Morgan fingerprint density at radius 3 is 2.90 bits per heavy atom. The number of likely N-dealkylation sites (N-methyl/N-ethyl adjacent to an activating group) is 1. The van der Waals surface area contributed by atoms with Crippen LogP contribution in [0.5, 0.6) is 0 Å². The van der Waals surface area contributed by atoms with Gasteiger partial charge in [0.1, 0.15) is 6.04 Å². The summed E-state index contributed by atoms with van der Waals surface area (Å²) in [6, 6.07) is 12.4. The predicted octanol–water partition coefficient (Wildman–Crippen LogP) is 3.17. The van der Waals surface area contributed by atoms with Gasteiger partial charge in [-0.05, 0) is 30.0 Å². The maximum atomic E-state index is 12.7. The molecule has 1 unspecified atom stereocenters. The highest BCUT2D eigenvalue weighted by Gasteiger charge is 2.30. The van der Waals surface area contributed by atoms with Crippen molar-refractivity contribution in [3.63, 3.8) is 0 Å². The van der Waals surface area contributed by atoms with E-state index in [0.29, 0.717) is 0 Å². The van der Waals surface area contributed by atoms with Gasteiger partial charge in [-0.3, -0.25) is 4.79 Å². The Labute approximate surface area is 129 Å². The van der Waals surface area contributed by atoms with Crippen LogP contribution in [-0.4, -0.2) is 29.9 Å². The van der Waals surface area contributed by atoms with E-state index in [-0.39, 0.29) is 18.0 Å². The Morgan fingerprint density at radius 2 is 2.19 bits per heavy atom. The molecule has 0 fully saturated rings. The van der Waals surface area contributed by atoms with Gasteiger partial charge in [0.25, 0.3) is 0 Å². The molecule has 2 heterocycles. The molecule has 0 radical (unpaired) electrons. The monoisotopic (exact) mass is 300 g/mol. The number of fused-ring (bicyclic) bond motifs is 1. The zero-order valence-corrected chi connectivity index (χ0v) is 13.2. The fraction of sp³-hybridized carbons (Fsp3) is 0.353. The van der Waals surface area contributed by atoms with Crippen molar-refractivity contribution in [1.82, 2.24) is 4.90 Å². The summed E-state index contributed by atoms with van der Waals surface area (Å²) in [6.07, 6.45) is 1.70. The molecule has 1 aliphatic heterocycles. The van der Waals surface area contributed by atoms with Crippen LogP contribution in [0.4, 0.5) is 5.69 Å². The van der Waals surface area contributed by atoms with Crippen LogP contribution in [0.2, 0.25) is 0 Å². The normalized spacial score (nSPS) is 17.9. The number of carbonyl (C=O) groups excluding carboxylic acids is 1. The number of nitrogens with one attached hydrogen (secondary N) is 1. The second-order valence-corrected chi connectivity index (χ2v) is 6.67. The van der Waals surface area contributed by atoms with Gasteiger partial charge in [-0.25, -0.2) is 0 Å². The first kappa shape index (κ1) is 14.1. The first-order valence-corrected chi connectivity index (χ1v) is 8.16. The molecular weight excluding hydrogens is 280 g/mol. The second-order valence-electron chi connectivity index (χ2n) is 5.64. The Morgan fingerprint density at radius 1 is 1.38 bits per heavy atom. The van der Waals surface area contributed by atoms with Crippen molar-refractivity contribution in [1.29, 1.82) is 0 Å².